The van der Waals surface area contributed by atoms with E-state index in [2.05, 4.69) is 193 Å². The van der Waals surface area contributed by atoms with Gasteiger partial charge in [0.25, 0.3) is 0 Å². The first-order chi connectivity index (χ1) is 25.8. The van der Waals surface area contributed by atoms with E-state index in [4.69, 9.17) is 4.42 Å². The second-order valence-electron chi connectivity index (χ2n) is 13.3. The topological polar surface area (TPSA) is 16.4 Å². The SMILES string of the molecule is c1ccc(-c2ccc(N(c3ccc(-c4cccc5ccccc45)cc3)c3ccc(-c4cccc5c4ccc4c6ccccc6oc54)cc3)cc2)cc1. The molecule has 1 heterocycles. The number of furan rings is 1. The fraction of sp³-hybridized carbons (Fsp3) is 0. The summed E-state index contributed by atoms with van der Waals surface area (Å²) >= 11 is 0. The predicted molar refractivity (Wildman–Crippen MR) is 220 cm³/mol. The van der Waals surface area contributed by atoms with Gasteiger partial charge >= 0.3 is 0 Å². The van der Waals surface area contributed by atoms with Crippen LogP contribution in [0.5, 0.6) is 0 Å². The Balaban J connectivity index is 1.05. The van der Waals surface area contributed by atoms with Crippen LogP contribution in [0.3, 0.4) is 0 Å². The molecule has 0 aliphatic heterocycles. The lowest BCUT2D eigenvalue weighted by Crippen LogP contribution is -2.09. The highest BCUT2D eigenvalue weighted by Gasteiger charge is 2.16. The lowest BCUT2D eigenvalue weighted by Gasteiger charge is -2.26. The summed E-state index contributed by atoms with van der Waals surface area (Å²) in [6, 6.07) is 71.7. The Bertz CT molecular complexity index is 2860. The molecule has 10 rings (SSSR count). The van der Waals surface area contributed by atoms with E-state index in [0.717, 1.165) is 50.0 Å². The summed E-state index contributed by atoms with van der Waals surface area (Å²) in [7, 11) is 0. The van der Waals surface area contributed by atoms with Crippen molar-refractivity contribution in [1.82, 2.24) is 0 Å². The van der Waals surface area contributed by atoms with Gasteiger partial charge in [-0.15, -0.1) is 0 Å². The summed E-state index contributed by atoms with van der Waals surface area (Å²) in [6.07, 6.45) is 0. The number of hydrogen-bond acceptors (Lipinski definition) is 2. The van der Waals surface area contributed by atoms with Crippen molar-refractivity contribution in [3.8, 4) is 33.4 Å². The second kappa shape index (κ2) is 12.5. The summed E-state index contributed by atoms with van der Waals surface area (Å²) in [4.78, 5) is 2.34. The summed E-state index contributed by atoms with van der Waals surface area (Å²) in [5, 5.41) is 7.11. The Morgan fingerprint density at radius 2 is 0.750 bits per heavy atom. The van der Waals surface area contributed by atoms with Crippen molar-refractivity contribution >= 4 is 60.5 Å². The summed E-state index contributed by atoms with van der Waals surface area (Å²) in [5.41, 5.74) is 12.3. The number of anilines is 3. The molecule has 0 saturated heterocycles. The van der Waals surface area contributed by atoms with Crippen molar-refractivity contribution in [2.75, 3.05) is 4.90 Å². The van der Waals surface area contributed by atoms with E-state index in [1.54, 1.807) is 0 Å². The monoisotopic (exact) mass is 663 g/mol. The minimum atomic E-state index is 0.918. The van der Waals surface area contributed by atoms with Gasteiger partial charge in [-0.05, 0) is 98.1 Å². The quantitative estimate of drug-likeness (QED) is 0.176. The first-order valence-electron chi connectivity index (χ1n) is 17.8. The van der Waals surface area contributed by atoms with E-state index in [0.29, 0.717) is 0 Å². The third-order valence-corrected chi connectivity index (χ3v) is 10.3. The Morgan fingerprint density at radius 1 is 0.288 bits per heavy atom. The Labute approximate surface area is 302 Å². The average Bonchev–Trinajstić information content (AvgIpc) is 3.61. The normalized spacial score (nSPS) is 11.5. The van der Waals surface area contributed by atoms with Gasteiger partial charge in [-0.1, -0.05) is 152 Å². The molecule has 9 aromatic carbocycles. The van der Waals surface area contributed by atoms with E-state index in [9.17, 15) is 0 Å². The van der Waals surface area contributed by atoms with Crippen molar-refractivity contribution in [1.29, 1.82) is 0 Å². The number of fused-ring (bicyclic) bond motifs is 6. The van der Waals surface area contributed by atoms with Gasteiger partial charge in [0.05, 0.1) is 0 Å². The minimum absolute atomic E-state index is 0.918. The van der Waals surface area contributed by atoms with Crippen LogP contribution in [0.1, 0.15) is 0 Å². The molecule has 0 fully saturated rings. The van der Waals surface area contributed by atoms with Gasteiger partial charge in [0.1, 0.15) is 11.2 Å². The third-order valence-electron chi connectivity index (χ3n) is 10.3. The fourth-order valence-electron chi connectivity index (χ4n) is 7.73. The van der Waals surface area contributed by atoms with Crippen molar-refractivity contribution in [3.63, 3.8) is 0 Å². The zero-order valence-corrected chi connectivity index (χ0v) is 28.4. The number of rotatable bonds is 6. The molecule has 244 valence electrons. The van der Waals surface area contributed by atoms with Gasteiger partial charge in [0.2, 0.25) is 0 Å². The van der Waals surface area contributed by atoms with Gasteiger partial charge in [-0.25, -0.2) is 0 Å². The maximum atomic E-state index is 6.39. The standard InChI is InChI=1S/C50H33NO/c1-2-10-34(11-3-1)35-20-26-39(27-21-35)51(40-28-22-37(23-29-40)43-16-8-13-36-12-4-5-14-42(36)43)41-30-24-38(25-31-41)44-17-9-18-47-45(44)32-33-48-46-15-6-7-19-49(46)52-50(47)48/h1-33H. The molecule has 0 spiro atoms. The van der Waals surface area contributed by atoms with E-state index in [1.165, 1.54) is 44.0 Å². The molecule has 0 aliphatic carbocycles. The minimum Gasteiger partial charge on any atom is -0.455 e. The largest absolute Gasteiger partial charge is 0.455 e. The summed E-state index contributed by atoms with van der Waals surface area (Å²) in [5.74, 6) is 0. The highest BCUT2D eigenvalue weighted by Crippen LogP contribution is 2.41. The fourth-order valence-corrected chi connectivity index (χ4v) is 7.73. The van der Waals surface area contributed by atoms with E-state index >= 15 is 0 Å². The Hall–Kier alpha value is -6.90. The maximum absolute atomic E-state index is 6.39. The van der Waals surface area contributed by atoms with Crippen LogP contribution in [0.4, 0.5) is 17.1 Å². The van der Waals surface area contributed by atoms with Gasteiger partial charge in [-0.3, -0.25) is 0 Å². The smallest absolute Gasteiger partial charge is 0.143 e. The van der Waals surface area contributed by atoms with Crippen LogP contribution in [-0.4, -0.2) is 0 Å². The molecule has 0 amide bonds. The van der Waals surface area contributed by atoms with Gasteiger partial charge in [0, 0.05) is 33.2 Å². The van der Waals surface area contributed by atoms with E-state index < -0.39 is 0 Å². The molecule has 1 aromatic heterocycles. The molecular weight excluding hydrogens is 631 g/mol. The Morgan fingerprint density at radius 3 is 1.44 bits per heavy atom. The Kier molecular flexibility index (Phi) is 7.18. The zero-order chi connectivity index (χ0) is 34.4. The predicted octanol–water partition coefficient (Wildman–Crippen LogP) is 14.4. The molecule has 0 unspecified atom stereocenters. The molecule has 0 aliphatic rings. The van der Waals surface area contributed by atoms with Crippen LogP contribution in [-0.2, 0) is 0 Å². The van der Waals surface area contributed by atoms with Crippen LogP contribution < -0.4 is 4.90 Å². The molecule has 0 radical (unpaired) electrons. The molecule has 2 heteroatoms. The van der Waals surface area contributed by atoms with Crippen LogP contribution in [0.15, 0.2) is 205 Å². The molecule has 0 bridgehead atoms. The van der Waals surface area contributed by atoms with Gasteiger partial charge in [-0.2, -0.15) is 0 Å². The number of para-hydroxylation sites is 1. The lowest BCUT2D eigenvalue weighted by atomic mass is 9.96. The van der Waals surface area contributed by atoms with Crippen molar-refractivity contribution in [3.05, 3.63) is 200 Å². The van der Waals surface area contributed by atoms with Crippen LogP contribution in [0.25, 0.3) is 76.9 Å². The van der Waals surface area contributed by atoms with Crippen LogP contribution >= 0.6 is 0 Å². The maximum Gasteiger partial charge on any atom is 0.143 e. The number of nitrogens with zero attached hydrogens (tertiary/aromatic N) is 1. The molecular formula is C50H33NO. The molecule has 0 N–H and O–H groups in total. The molecule has 52 heavy (non-hydrogen) atoms. The first kappa shape index (κ1) is 30.0. The number of hydrogen-bond donors (Lipinski definition) is 0. The van der Waals surface area contributed by atoms with Crippen molar-refractivity contribution in [2.24, 2.45) is 0 Å². The zero-order valence-electron chi connectivity index (χ0n) is 28.4. The first-order valence-corrected chi connectivity index (χ1v) is 17.8. The molecule has 10 aromatic rings. The number of benzene rings is 9. The van der Waals surface area contributed by atoms with E-state index in [1.807, 2.05) is 12.1 Å². The van der Waals surface area contributed by atoms with Crippen LogP contribution in [0, 0.1) is 0 Å². The van der Waals surface area contributed by atoms with Crippen molar-refractivity contribution < 1.29 is 4.42 Å². The summed E-state index contributed by atoms with van der Waals surface area (Å²) in [6.45, 7) is 0. The molecule has 0 atom stereocenters. The lowest BCUT2D eigenvalue weighted by molar-refractivity contribution is 0.672. The third kappa shape index (κ3) is 5.12. The second-order valence-corrected chi connectivity index (χ2v) is 13.3. The average molecular weight is 664 g/mol. The van der Waals surface area contributed by atoms with E-state index in [-0.39, 0.29) is 0 Å². The highest BCUT2D eigenvalue weighted by atomic mass is 16.3. The van der Waals surface area contributed by atoms with Gasteiger partial charge < -0.3 is 9.32 Å². The molecule has 2 nitrogen and oxygen atoms in total. The summed E-state index contributed by atoms with van der Waals surface area (Å²) < 4.78 is 6.39. The van der Waals surface area contributed by atoms with Gasteiger partial charge in [0.15, 0.2) is 0 Å². The highest BCUT2D eigenvalue weighted by molar-refractivity contribution is 6.17. The molecule has 0 saturated carbocycles. The van der Waals surface area contributed by atoms with Crippen LogP contribution in [0.2, 0.25) is 0 Å². The van der Waals surface area contributed by atoms with Crippen molar-refractivity contribution in [2.45, 2.75) is 0 Å².